The Morgan fingerprint density at radius 1 is 0.946 bits per heavy atom. The molecular weight excluding hydrogens is 460 g/mol. The van der Waals surface area contributed by atoms with Gasteiger partial charge in [-0.2, -0.15) is 0 Å². The van der Waals surface area contributed by atoms with Crippen molar-refractivity contribution in [1.82, 2.24) is 10.6 Å². The second kappa shape index (κ2) is 9.17. The van der Waals surface area contributed by atoms with E-state index in [1.807, 2.05) is 12.1 Å². The summed E-state index contributed by atoms with van der Waals surface area (Å²) in [5, 5.41) is 6.94. The largest absolute Gasteiger partial charge is 0.497 e. The van der Waals surface area contributed by atoms with Crippen LogP contribution in [0.15, 0.2) is 36.4 Å². The molecule has 5 heteroatoms. The van der Waals surface area contributed by atoms with Crippen molar-refractivity contribution in [3.8, 4) is 5.75 Å². The van der Waals surface area contributed by atoms with Gasteiger partial charge in [0.25, 0.3) is 0 Å². The van der Waals surface area contributed by atoms with Crippen LogP contribution in [0.25, 0.3) is 0 Å². The van der Waals surface area contributed by atoms with E-state index in [1.54, 1.807) is 13.2 Å². The van der Waals surface area contributed by atoms with Crippen LogP contribution < -0.4 is 15.4 Å². The van der Waals surface area contributed by atoms with Crippen molar-refractivity contribution in [3.63, 3.8) is 0 Å². The molecule has 2 unspecified atom stereocenters. The molecule has 0 radical (unpaired) electrons. The predicted molar refractivity (Wildman–Crippen MR) is 145 cm³/mol. The van der Waals surface area contributed by atoms with Crippen LogP contribution in [0, 0.1) is 34.5 Å². The molecule has 7 atom stereocenters. The molecule has 4 aliphatic carbocycles. The monoisotopic (exact) mass is 504 g/mol. The molecular formula is C32H44N2O3. The van der Waals surface area contributed by atoms with Gasteiger partial charge in [0.2, 0.25) is 11.8 Å². The highest BCUT2D eigenvalue weighted by Crippen LogP contribution is 2.65. The van der Waals surface area contributed by atoms with E-state index in [1.165, 1.54) is 18.4 Å². The maximum atomic E-state index is 14.2. The summed E-state index contributed by atoms with van der Waals surface area (Å²) >= 11 is 0. The number of methoxy groups -OCH3 is 1. The fourth-order valence-electron chi connectivity index (χ4n) is 9.64. The lowest BCUT2D eigenvalue weighted by Gasteiger charge is -2.58. The Kier molecular flexibility index (Phi) is 6.19. The number of amides is 2. The van der Waals surface area contributed by atoms with E-state index >= 15 is 0 Å². The maximum absolute atomic E-state index is 14.2. The Morgan fingerprint density at radius 2 is 1.70 bits per heavy atom. The van der Waals surface area contributed by atoms with Gasteiger partial charge >= 0.3 is 0 Å². The summed E-state index contributed by atoms with van der Waals surface area (Å²) in [6.45, 7) is 4.80. The molecule has 6 rings (SSSR count). The van der Waals surface area contributed by atoms with Crippen LogP contribution in [0.5, 0.6) is 5.75 Å². The number of nitrogens with one attached hydrogen (secondary N) is 2. The minimum Gasteiger partial charge on any atom is -0.497 e. The first kappa shape index (κ1) is 25.0. The highest BCUT2D eigenvalue weighted by atomic mass is 16.5. The van der Waals surface area contributed by atoms with Gasteiger partial charge in [-0.1, -0.05) is 51.3 Å². The standard InChI is InChI=1S/C32H44N2O3/c1-30-19-15-25-23(11-14-27-31(25,2)20-16-28(35)33-27)24(30)12-13-26(30)29(36)34-32(17-5-4-6-18-32)21-7-9-22(37-3)10-8-21/h7-10,16,20,23-27H,4-6,11-15,17-19H2,1-3H3,(H,33,35)(H,34,36)/t23-,24-,25+,26?,27?,30-,31+/m0/s1. The molecule has 0 saturated heterocycles. The van der Waals surface area contributed by atoms with E-state index in [0.29, 0.717) is 17.8 Å². The zero-order valence-electron chi connectivity index (χ0n) is 22.9. The molecule has 0 spiro atoms. The first-order valence-electron chi connectivity index (χ1n) is 14.8. The molecule has 1 aromatic rings. The molecule has 2 amide bonds. The quantitative estimate of drug-likeness (QED) is 0.538. The Balaban J connectivity index is 1.23. The predicted octanol–water partition coefficient (Wildman–Crippen LogP) is 5.88. The summed E-state index contributed by atoms with van der Waals surface area (Å²) in [5.74, 6) is 3.12. The molecule has 0 bridgehead atoms. The van der Waals surface area contributed by atoms with E-state index in [0.717, 1.165) is 63.5 Å². The van der Waals surface area contributed by atoms with E-state index < -0.39 is 0 Å². The zero-order chi connectivity index (χ0) is 25.8. The van der Waals surface area contributed by atoms with Crippen molar-refractivity contribution in [2.45, 2.75) is 96.1 Å². The second-order valence-corrected chi connectivity index (χ2v) is 13.2. The lowest BCUT2D eigenvalue weighted by Crippen LogP contribution is -2.60. The van der Waals surface area contributed by atoms with Gasteiger partial charge in [-0.05, 0) is 98.3 Å². The Labute approximate surface area is 222 Å². The van der Waals surface area contributed by atoms with Gasteiger partial charge in [-0.3, -0.25) is 9.59 Å². The lowest BCUT2D eigenvalue weighted by atomic mass is 9.48. The van der Waals surface area contributed by atoms with Crippen molar-refractivity contribution >= 4 is 11.8 Å². The van der Waals surface area contributed by atoms with Crippen LogP contribution in [0.3, 0.4) is 0 Å². The van der Waals surface area contributed by atoms with Crippen molar-refractivity contribution in [2.24, 2.45) is 34.5 Å². The van der Waals surface area contributed by atoms with E-state index in [2.05, 4.69) is 42.7 Å². The maximum Gasteiger partial charge on any atom is 0.243 e. The van der Waals surface area contributed by atoms with Gasteiger partial charge in [-0.15, -0.1) is 0 Å². The first-order chi connectivity index (χ1) is 17.8. The molecule has 5 nitrogen and oxygen atoms in total. The number of benzene rings is 1. The average Bonchev–Trinajstić information content (AvgIpc) is 3.27. The summed E-state index contributed by atoms with van der Waals surface area (Å²) in [6, 6.07) is 8.64. The molecule has 5 aliphatic rings. The topological polar surface area (TPSA) is 67.4 Å². The van der Waals surface area contributed by atoms with Crippen LogP contribution in [-0.4, -0.2) is 25.0 Å². The van der Waals surface area contributed by atoms with Crippen molar-refractivity contribution < 1.29 is 14.3 Å². The number of carbonyl (C=O) groups excluding carboxylic acids is 2. The number of ether oxygens (including phenoxy) is 1. The van der Waals surface area contributed by atoms with E-state index in [4.69, 9.17) is 4.74 Å². The fraction of sp³-hybridized carbons (Fsp3) is 0.688. The molecule has 1 aliphatic heterocycles. The zero-order valence-corrected chi connectivity index (χ0v) is 22.9. The van der Waals surface area contributed by atoms with Gasteiger partial charge in [0.15, 0.2) is 0 Å². The van der Waals surface area contributed by atoms with Crippen molar-refractivity contribution in [1.29, 1.82) is 0 Å². The van der Waals surface area contributed by atoms with Gasteiger partial charge in [-0.25, -0.2) is 0 Å². The average molecular weight is 505 g/mol. The van der Waals surface area contributed by atoms with Crippen LogP contribution in [-0.2, 0) is 15.1 Å². The van der Waals surface area contributed by atoms with Crippen LogP contribution in [0.4, 0.5) is 0 Å². The molecule has 0 aromatic heterocycles. The van der Waals surface area contributed by atoms with E-state index in [-0.39, 0.29) is 40.1 Å². The van der Waals surface area contributed by atoms with Gasteiger partial charge in [0.05, 0.1) is 12.6 Å². The molecule has 200 valence electrons. The molecule has 4 saturated carbocycles. The lowest BCUT2D eigenvalue weighted by molar-refractivity contribution is -0.136. The molecule has 2 N–H and O–H groups in total. The Bertz CT molecular complexity index is 1070. The summed E-state index contributed by atoms with van der Waals surface area (Å²) in [7, 11) is 1.70. The molecule has 4 fully saturated rings. The van der Waals surface area contributed by atoms with Crippen molar-refractivity contribution in [3.05, 3.63) is 42.0 Å². The third kappa shape index (κ3) is 3.94. The van der Waals surface area contributed by atoms with Crippen LogP contribution in [0.2, 0.25) is 0 Å². The SMILES string of the molecule is COc1ccc(C2(NC(=O)C3CC[C@H]4[C@@H]5CCC6NC(=O)C=C[C@]6(C)[C@@H]5CC[C@]34C)CCCCC2)cc1. The van der Waals surface area contributed by atoms with Gasteiger partial charge in [0, 0.05) is 17.4 Å². The smallest absolute Gasteiger partial charge is 0.243 e. The number of carbonyl (C=O) groups is 2. The minimum absolute atomic E-state index is 0.0407. The fourth-order valence-corrected chi connectivity index (χ4v) is 9.64. The summed E-state index contributed by atoms with van der Waals surface area (Å²) in [4.78, 5) is 26.2. The summed E-state index contributed by atoms with van der Waals surface area (Å²) < 4.78 is 5.40. The first-order valence-corrected chi connectivity index (χ1v) is 14.8. The second-order valence-electron chi connectivity index (χ2n) is 13.2. The third-order valence-corrected chi connectivity index (χ3v) is 11.7. The number of hydrogen-bond acceptors (Lipinski definition) is 3. The highest BCUT2D eigenvalue weighted by molar-refractivity contribution is 5.89. The molecule has 1 aromatic carbocycles. The van der Waals surface area contributed by atoms with Crippen LogP contribution in [0.1, 0.15) is 90.0 Å². The molecule has 37 heavy (non-hydrogen) atoms. The summed E-state index contributed by atoms with van der Waals surface area (Å²) in [6.07, 6.45) is 16.2. The normalized spacial score (nSPS) is 40.1. The molecule has 1 heterocycles. The van der Waals surface area contributed by atoms with Crippen LogP contribution >= 0.6 is 0 Å². The van der Waals surface area contributed by atoms with Gasteiger partial charge in [0.1, 0.15) is 5.75 Å². The van der Waals surface area contributed by atoms with Gasteiger partial charge < -0.3 is 15.4 Å². The number of fused-ring (bicyclic) bond motifs is 5. The number of hydrogen-bond donors (Lipinski definition) is 2. The third-order valence-electron chi connectivity index (χ3n) is 11.7. The Hall–Kier alpha value is -2.30. The summed E-state index contributed by atoms with van der Waals surface area (Å²) in [5.41, 5.74) is 1.07. The number of rotatable bonds is 4. The van der Waals surface area contributed by atoms with E-state index in [9.17, 15) is 9.59 Å². The highest BCUT2D eigenvalue weighted by Gasteiger charge is 2.61. The van der Waals surface area contributed by atoms with Crippen molar-refractivity contribution in [2.75, 3.05) is 7.11 Å². The minimum atomic E-state index is -0.260. The Morgan fingerprint density at radius 3 is 2.43 bits per heavy atom.